The highest BCUT2D eigenvalue weighted by atomic mass is 16.2. The second-order valence-corrected chi connectivity index (χ2v) is 5.69. The Kier molecular flexibility index (Phi) is 3.42. The minimum Gasteiger partial charge on any atom is -0.356 e. The SMILES string of the molecule is Cc1cnc2c(c1)N(C(=O)CC1CCC(=O)NC1)CC2. The van der Waals surface area contributed by atoms with Crippen LogP contribution in [0.5, 0.6) is 0 Å². The van der Waals surface area contributed by atoms with Gasteiger partial charge in [-0.05, 0) is 30.9 Å². The molecule has 1 atom stereocenters. The Hall–Kier alpha value is -1.91. The molecule has 1 N–H and O–H groups in total. The van der Waals surface area contributed by atoms with Crippen LogP contribution >= 0.6 is 0 Å². The summed E-state index contributed by atoms with van der Waals surface area (Å²) in [7, 11) is 0. The van der Waals surface area contributed by atoms with Crippen molar-refractivity contribution in [2.45, 2.75) is 32.6 Å². The van der Waals surface area contributed by atoms with Gasteiger partial charge in [-0.1, -0.05) is 0 Å². The molecule has 1 unspecified atom stereocenters. The maximum atomic E-state index is 12.5. The summed E-state index contributed by atoms with van der Waals surface area (Å²) >= 11 is 0. The minimum absolute atomic E-state index is 0.0973. The number of nitrogens with one attached hydrogen (secondary N) is 1. The van der Waals surface area contributed by atoms with Crippen LogP contribution in [0.2, 0.25) is 0 Å². The van der Waals surface area contributed by atoms with E-state index in [9.17, 15) is 9.59 Å². The smallest absolute Gasteiger partial charge is 0.227 e. The highest BCUT2D eigenvalue weighted by Gasteiger charge is 2.28. The van der Waals surface area contributed by atoms with Gasteiger partial charge in [-0.15, -0.1) is 0 Å². The average Bonchev–Trinajstić information content (AvgIpc) is 2.84. The molecule has 0 radical (unpaired) electrons. The Morgan fingerprint density at radius 2 is 2.35 bits per heavy atom. The first kappa shape index (κ1) is 13.1. The lowest BCUT2D eigenvalue weighted by atomic mass is 9.95. The second kappa shape index (κ2) is 5.23. The highest BCUT2D eigenvalue weighted by molar-refractivity contribution is 5.95. The van der Waals surface area contributed by atoms with Crippen molar-refractivity contribution >= 4 is 17.5 Å². The molecule has 0 spiro atoms. The molecule has 0 aliphatic carbocycles. The number of anilines is 1. The van der Waals surface area contributed by atoms with E-state index in [2.05, 4.69) is 10.3 Å². The number of aryl methyl sites for hydroxylation is 1. The van der Waals surface area contributed by atoms with E-state index < -0.39 is 0 Å². The van der Waals surface area contributed by atoms with Gasteiger partial charge in [0.2, 0.25) is 11.8 Å². The zero-order valence-electron chi connectivity index (χ0n) is 11.7. The third-order valence-electron chi connectivity index (χ3n) is 4.08. The molecular weight excluding hydrogens is 254 g/mol. The third-order valence-corrected chi connectivity index (χ3v) is 4.08. The minimum atomic E-state index is 0.0973. The lowest BCUT2D eigenvalue weighted by Crippen LogP contribution is -2.38. The zero-order chi connectivity index (χ0) is 14.1. The van der Waals surface area contributed by atoms with Gasteiger partial charge in [0.15, 0.2) is 0 Å². The molecule has 2 aliphatic rings. The first-order valence-electron chi connectivity index (χ1n) is 7.16. The van der Waals surface area contributed by atoms with Crippen molar-refractivity contribution in [1.29, 1.82) is 0 Å². The van der Waals surface area contributed by atoms with Crippen LogP contribution in [-0.4, -0.2) is 29.9 Å². The summed E-state index contributed by atoms with van der Waals surface area (Å²) in [5.74, 6) is 0.513. The van der Waals surface area contributed by atoms with Crippen LogP contribution in [0.3, 0.4) is 0 Å². The van der Waals surface area contributed by atoms with Gasteiger partial charge in [0, 0.05) is 38.5 Å². The number of piperidine rings is 1. The Labute approximate surface area is 118 Å². The molecule has 1 aromatic heterocycles. The molecule has 1 saturated heterocycles. The molecule has 0 saturated carbocycles. The first-order valence-corrected chi connectivity index (χ1v) is 7.16. The molecule has 20 heavy (non-hydrogen) atoms. The van der Waals surface area contributed by atoms with E-state index in [1.54, 1.807) is 0 Å². The zero-order valence-corrected chi connectivity index (χ0v) is 11.7. The standard InChI is InChI=1S/C15H19N3O2/c1-10-6-13-12(16-8-10)4-5-18(13)15(20)7-11-2-3-14(19)17-9-11/h6,8,11H,2-5,7,9H2,1H3,(H,17,19). The van der Waals surface area contributed by atoms with Crippen molar-refractivity contribution in [2.75, 3.05) is 18.0 Å². The van der Waals surface area contributed by atoms with Gasteiger partial charge >= 0.3 is 0 Å². The number of rotatable bonds is 2. The van der Waals surface area contributed by atoms with Crippen molar-refractivity contribution in [1.82, 2.24) is 10.3 Å². The Bertz CT molecular complexity index is 546. The predicted molar refractivity (Wildman–Crippen MR) is 75.4 cm³/mol. The molecule has 1 fully saturated rings. The van der Waals surface area contributed by atoms with Gasteiger partial charge in [0.05, 0.1) is 11.4 Å². The molecule has 1 aromatic rings. The summed E-state index contributed by atoms with van der Waals surface area (Å²) in [5.41, 5.74) is 3.06. The van der Waals surface area contributed by atoms with Crippen molar-refractivity contribution in [2.24, 2.45) is 5.92 Å². The van der Waals surface area contributed by atoms with Crippen molar-refractivity contribution in [3.8, 4) is 0 Å². The predicted octanol–water partition coefficient (Wildman–Crippen LogP) is 1.20. The maximum Gasteiger partial charge on any atom is 0.227 e. The van der Waals surface area contributed by atoms with Crippen LogP contribution < -0.4 is 10.2 Å². The number of nitrogens with zero attached hydrogens (tertiary/aromatic N) is 2. The summed E-state index contributed by atoms with van der Waals surface area (Å²) in [6.07, 6.45) is 4.54. The molecule has 5 heteroatoms. The van der Waals surface area contributed by atoms with E-state index in [0.29, 0.717) is 19.4 Å². The number of aromatic nitrogens is 1. The molecule has 3 heterocycles. The lowest BCUT2D eigenvalue weighted by molar-refractivity contribution is -0.125. The van der Waals surface area contributed by atoms with Crippen molar-refractivity contribution in [3.63, 3.8) is 0 Å². The number of carbonyl (C=O) groups excluding carboxylic acids is 2. The summed E-state index contributed by atoms with van der Waals surface area (Å²) in [5, 5.41) is 2.83. The van der Waals surface area contributed by atoms with Crippen molar-refractivity contribution < 1.29 is 9.59 Å². The number of pyridine rings is 1. The second-order valence-electron chi connectivity index (χ2n) is 5.69. The Balaban J connectivity index is 1.67. The van der Waals surface area contributed by atoms with E-state index in [1.807, 2.05) is 24.1 Å². The highest BCUT2D eigenvalue weighted by Crippen LogP contribution is 2.28. The van der Waals surface area contributed by atoms with Crippen molar-refractivity contribution in [3.05, 3.63) is 23.5 Å². The first-order chi connectivity index (χ1) is 9.63. The molecule has 0 aromatic carbocycles. The topological polar surface area (TPSA) is 62.3 Å². The van der Waals surface area contributed by atoms with E-state index in [4.69, 9.17) is 0 Å². The quantitative estimate of drug-likeness (QED) is 0.880. The van der Waals surface area contributed by atoms with E-state index in [0.717, 1.165) is 36.3 Å². The maximum absolute atomic E-state index is 12.5. The Morgan fingerprint density at radius 3 is 3.10 bits per heavy atom. The number of amides is 2. The summed E-state index contributed by atoms with van der Waals surface area (Å²) in [6.45, 7) is 3.34. The number of hydrogen-bond acceptors (Lipinski definition) is 3. The van der Waals surface area contributed by atoms with Gasteiger partial charge in [-0.25, -0.2) is 0 Å². The molecule has 2 aliphatic heterocycles. The third kappa shape index (κ3) is 2.53. The van der Waals surface area contributed by atoms with Crippen LogP contribution in [0.25, 0.3) is 0 Å². The van der Waals surface area contributed by atoms with Gasteiger partial charge in [0.25, 0.3) is 0 Å². The molecule has 2 amide bonds. The molecule has 3 rings (SSSR count). The van der Waals surface area contributed by atoms with Crippen LogP contribution in [0.1, 0.15) is 30.5 Å². The van der Waals surface area contributed by atoms with Gasteiger partial charge < -0.3 is 10.2 Å². The van der Waals surface area contributed by atoms with Gasteiger partial charge in [-0.2, -0.15) is 0 Å². The summed E-state index contributed by atoms with van der Waals surface area (Å²) in [4.78, 5) is 29.8. The Morgan fingerprint density at radius 1 is 1.50 bits per heavy atom. The number of fused-ring (bicyclic) bond motifs is 1. The fourth-order valence-electron chi connectivity index (χ4n) is 2.92. The normalized spacial score (nSPS) is 21.6. The lowest BCUT2D eigenvalue weighted by Gasteiger charge is -2.24. The monoisotopic (exact) mass is 273 g/mol. The average molecular weight is 273 g/mol. The molecule has 5 nitrogen and oxygen atoms in total. The van der Waals surface area contributed by atoms with Crippen LogP contribution in [0, 0.1) is 12.8 Å². The van der Waals surface area contributed by atoms with E-state index in [1.165, 1.54) is 0 Å². The largest absolute Gasteiger partial charge is 0.356 e. The van der Waals surface area contributed by atoms with Crippen LogP contribution in [0.4, 0.5) is 5.69 Å². The number of carbonyl (C=O) groups is 2. The summed E-state index contributed by atoms with van der Waals surface area (Å²) < 4.78 is 0. The van der Waals surface area contributed by atoms with E-state index in [-0.39, 0.29) is 17.7 Å². The van der Waals surface area contributed by atoms with E-state index >= 15 is 0 Å². The van der Waals surface area contributed by atoms with Crippen LogP contribution in [-0.2, 0) is 16.0 Å². The summed E-state index contributed by atoms with van der Waals surface area (Å²) in [6, 6.07) is 2.04. The fraction of sp³-hybridized carbons (Fsp3) is 0.533. The van der Waals surface area contributed by atoms with Crippen LogP contribution in [0.15, 0.2) is 12.3 Å². The molecule has 106 valence electrons. The van der Waals surface area contributed by atoms with Gasteiger partial charge in [0.1, 0.15) is 0 Å². The molecule has 0 bridgehead atoms. The molecular formula is C15H19N3O2. The van der Waals surface area contributed by atoms with Gasteiger partial charge in [-0.3, -0.25) is 14.6 Å². The number of hydrogen-bond donors (Lipinski definition) is 1. The fourth-order valence-corrected chi connectivity index (χ4v) is 2.92.